The largest absolute Gasteiger partial charge is 0.493 e. The van der Waals surface area contributed by atoms with E-state index in [-0.39, 0.29) is 12.7 Å². The van der Waals surface area contributed by atoms with Gasteiger partial charge in [-0.1, -0.05) is 66.4 Å². The summed E-state index contributed by atoms with van der Waals surface area (Å²) in [5, 5.41) is 2.30. The van der Waals surface area contributed by atoms with Gasteiger partial charge < -0.3 is 18.9 Å². The fraction of sp³-hybridized carbons (Fsp3) is 0.103. The van der Waals surface area contributed by atoms with Gasteiger partial charge in [0.1, 0.15) is 6.61 Å². The van der Waals surface area contributed by atoms with Gasteiger partial charge in [0.15, 0.2) is 27.3 Å². The van der Waals surface area contributed by atoms with E-state index in [1.807, 2.05) is 30.3 Å². The Morgan fingerprint density at radius 1 is 1.05 bits per heavy atom. The Labute approximate surface area is 237 Å². The highest BCUT2D eigenvalue weighted by Crippen LogP contribution is 2.42. The van der Waals surface area contributed by atoms with Crippen LogP contribution in [0.1, 0.15) is 11.1 Å². The minimum absolute atomic E-state index is 0.162. The van der Waals surface area contributed by atoms with Gasteiger partial charge in [0.25, 0.3) is 5.91 Å². The van der Waals surface area contributed by atoms with Crippen LogP contribution in [0.15, 0.2) is 82.2 Å². The van der Waals surface area contributed by atoms with E-state index in [4.69, 9.17) is 31.2 Å². The molecule has 0 bridgehead atoms. The SMILES string of the molecule is COc1cc(C=C2SC(=S)N(c3ccc4c(c3)OCO4)C2=O)cc(Br)c1OCc1cccc2ccccc12. The third kappa shape index (κ3) is 4.62. The van der Waals surface area contributed by atoms with E-state index in [1.54, 1.807) is 31.4 Å². The molecular weight excluding hydrogens is 586 g/mol. The summed E-state index contributed by atoms with van der Waals surface area (Å²) in [4.78, 5) is 15.3. The number of rotatable bonds is 6. The molecule has 9 heteroatoms. The highest BCUT2D eigenvalue weighted by molar-refractivity contribution is 9.10. The van der Waals surface area contributed by atoms with Gasteiger partial charge in [-0.05, 0) is 68.2 Å². The number of fused-ring (bicyclic) bond motifs is 2. The molecule has 0 unspecified atom stereocenters. The van der Waals surface area contributed by atoms with E-state index in [9.17, 15) is 4.79 Å². The number of amides is 1. The molecule has 0 atom stereocenters. The van der Waals surface area contributed by atoms with Crippen molar-refractivity contribution in [2.75, 3.05) is 18.8 Å². The minimum Gasteiger partial charge on any atom is -0.493 e. The van der Waals surface area contributed by atoms with Crippen LogP contribution in [-0.2, 0) is 11.4 Å². The molecule has 0 N–H and O–H groups in total. The summed E-state index contributed by atoms with van der Waals surface area (Å²) in [5.74, 6) is 2.18. The highest BCUT2D eigenvalue weighted by atomic mass is 79.9. The summed E-state index contributed by atoms with van der Waals surface area (Å²) in [7, 11) is 1.59. The number of thioether (sulfide) groups is 1. The second-order valence-electron chi connectivity index (χ2n) is 8.52. The van der Waals surface area contributed by atoms with E-state index < -0.39 is 0 Å². The van der Waals surface area contributed by atoms with Gasteiger partial charge in [-0.25, -0.2) is 0 Å². The van der Waals surface area contributed by atoms with Crippen LogP contribution in [0.25, 0.3) is 16.8 Å². The van der Waals surface area contributed by atoms with Gasteiger partial charge in [0.2, 0.25) is 6.79 Å². The Morgan fingerprint density at radius 3 is 2.74 bits per heavy atom. The highest BCUT2D eigenvalue weighted by Gasteiger charge is 2.34. The van der Waals surface area contributed by atoms with Crippen molar-refractivity contribution >= 4 is 72.7 Å². The lowest BCUT2D eigenvalue weighted by atomic mass is 10.1. The zero-order chi connectivity index (χ0) is 26.2. The molecule has 1 saturated heterocycles. The van der Waals surface area contributed by atoms with E-state index in [2.05, 4.69) is 40.2 Å². The number of ether oxygens (including phenoxy) is 4. The van der Waals surface area contributed by atoms with Crippen molar-refractivity contribution in [3.8, 4) is 23.0 Å². The van der Waals surface area contributed by atoms with E-state index in [1.165, 1.54) is 16.7 Å². The van der Waals surface area contributed by atoms with Crippen LogP contribution >= 0.6 is 39.9 Å². The maximum absolute atomic E-state index is 13.3. The van der Waals surface area contributed by atoms with Gasteiger partial charge >= 0.3 is 0 Å². The Hall–Kier alpha value is -3.53. The number of benzene rings is 4. The maximum atomic E-state index is 13.3. The number of methoxy groups -OCH3 is 1. The molecule has 2 aliphatic heterocycles. The zero-order valence-electron chi connectivity index (χ0n) is 20.1. The number of nitrogens with zero attached hydrogens (tertiary/aromatic N) is 1. The third-order valence-electron chi connectivity index (χ3n) is 6.21. The van der Waals surface area contributed by atoms with Crippen molar-refractivity contribution in [3.63, 3.8) is 0 Å². The number of halogens is 1. The molecule has 2 aliphatic rings. The number of carbonyl (C=O) groups is 1. The molecule has 38 heavy (non-hydrogen) atoms. The smallest absolute Gasteiger partial charge is 0.270 e. The average molecular weight is 607 g/mol. The Kier molecular flexibility index (Phi) is 6.73. The topological polar surface area (TPSA) is 57.2 Å². The molecule has 190 valence electrons. The fourth-order valence-corrected chi connectivity index (χ4v) is 6.27. The summed E-state index contributed by atoms with van der Waals surface area (Å²) in [5.41, 5.74) is 2.49. The van der Waals surface area contributed by atoms with E-state index in [0.717, 1.165) is 26.4 Å². The Balaban J connectivity index is 1.25. The number of thiocarbonyl (C=S) groups is 1. The molecule has 1 fully saturated rings. The first-order chi connectivity index (χ1) is 18.5. The fourth-order valence-electron chi connectivity index (χ4n) is 4.40. The third-order valence-corrected chi connectivity index (χ3v) is 8.10. The first-order valence-corrected chi connectivity index (χ1v) is 13.7. The lowest BCUT2D eigenvalue weighted by Crippen LogP contribution is -2.27. The Bertz CT molecular complexity index is 1630. The summed E-state index contributed by atoms with van der Waals surface area (Å²) < 4.78 is 23.9. The molecule has 0 radical (unpaired) electrons. The first-order valence-electron chi connectivity index (χ1n) is 11.7. The first kappa shape index (κ1) is 24.8. The molecule has 6 rings (SSSR count). The average Bonchev–Trinajstić information content (AvgIpc) is 3.50. The van der Waals surface area contributed by atoms with E-state index >= 15 is 0 Å². The molecule has 4 aromatic carbocycles. The molecule has 0 aliphatic carbocycles. The number of hydrogen-bond acceptors (Lipinski definition) is 7. The molecule has 2 heterocycles. The van der Waals surface area contributed by atoms with Crippen molar-refractivity contribution in [2.45, 2.75) is 6.61 Å². The van der Waals surface area contributed by atoms with Gasteiger partial charge in [0, 0.05) is 6.07 Å². The van der Waals surface area contributed by atoms with Crippen molar-refractivity contribution in [3.05, 3.63) is 93.3 Å². The maximum Gasteiger partial charge on any atom is 0.270 e. The van der Waals surface area contributed by atoms with Crippen molar-refractivity contribution < 1.29 is 23.7 Å². The van der Waals surface area contributed by atoms with Crippen molar-refractivity contribution in [2.24, 2.45) is 0 Å². The van der Waals surface area contributed by atoms with Crippen LogP contribution in [0.5, 0.6) is 23.0 Å². The molecule has 0 aromatic heterocycles. The summed E-state index contributed by atoms with van der Waals surface area (Å²) in [6.07, 6.45) is 1.80. The van der Waals surface area contributed by atoms with E-state index in [0.29, 0.717) is 44.5 Å². The predicted molar refractivity (Wildman–Crippen MR) is 157 cm³/mol. The lowest BCUT2D eigenvalue weighted by Gasteiger charge is -2.15. The molecule has 4 aromatic rings. The molecule has 0 spiro atoms. The van der Waals surface area contributed by atoms with Crippen LogP contribution in [0, 0.1) is 0 Å². The minimum atomic E-state index is -0.203. The number of hydrogen-bond donors (Lipinski definition) is 0. The monoisotopic (exact) mass is 605 g/mol. The Morgan fingerprint density at radius 2 is 1.87 bits per heavy atom. The second-order valence-corrected chi connectivity index (χ2v) is 11.0. The van der Waals surface area contributed by atoms with Gasteiger partial charge in [-0.15, -0.1) is 0 Å². The summed E-state index contributed by atoms with van der Waals surface area (Å²) in [6, 6.07) is 23.4. The normalized spacial score (nSPS) is 15.5. The molecule has 6 nitrogen and oxygen atoms in total. The zero-order valence-corrected chi connectivity index (χ0v) is 23.3. The quantitative estimate of drug-likeness (QED) is 0.168. The predicted octanol–water partition coefficient (Wildman–Crippen LogP) is 7.32. The number of carbonyl (C=O) groups excluding carboxylic acids is 1. The summed E-state index contributed by atoms with van der Waals surface area (Å²) in [6.45, 7) is 0.541. The van der Waals surface area contributed by atoms with Gasteiger partial charge in [-0.3, -0.25) is 9.69 Å². The van der Waals surface area contributed by atoms with Crippen LogP contribution in [0.4, 0.5) is 5.69 Å². The standard InChI is InChI=1S/C29H20BrNO5S2/c1-33-25-12-17(11-22(30)27(25)34-15-19-7-4-6-18-5-2-3-8-21(18)19)13-26-28(32)31(29(37)38-26)20-9-10-23-24(14-20)36-16-35-23/h2-14H,15-16H2,1H3. The number of anilines is 1. The second kappa shape index (κ2) is 10.3. The van der Waals surface area contributed by atoms with Gasteiger partial charge in [-0.2, -0.15) is 0 Å². The molecular formula is C29H20BrNO5S2. The van der Waals surface area contributed by atoms with Gasteiger partial charge in [0.05, 0.1) is 22.2 Å². The molecule has 0 saturated carbocycles. The van der Waals surface area contributed by atoms with Crippen LogP contribution in [0.2, 0.25) is 0 Å². The molecule has 1 amide bonds. The van der Waals surface area contributed by atoms with Crippen LogP contribution in [0.3, 0.4) is 0 Å². The van der Waals surface area contributed by atoms with Crippen LogP contribution in [-0.4, -0.2) is 24.1 Å². The van der Waals surface area contributed by atoms with Crippen molar-refractivity contribution in [1.29, 1.82) is 0 Å². The lowest BCUT2D eigenvalue weighted by molar-refractivity contribution is -0.113. The van der Waals surface area contributed by atoms with Crippen LogP contribution < -0.4 is 23.8 Å². The summed E-state index contributed by atoms with van der Waals surface area (Å²) >= 11 is 10.4. The van der Waals surface area contributed by atoms with Crippen molar-refractivity contribution in [1.82, 2.24) is 0 Å².